The molecule has 1 saturated heterocycles. The zero-order valence-electron chi connectivity index (χ0n) is 7.52. The Morgan fingerprint density at radius 2 is 1.90 bits per heavy atom. The molecule has 0 aromatic rings. The topological polar surface area (TPSA) is 14.1 Å². The lowest BCUT2D eigenvalue weighted by Crippen LogP contribution is -2.45. The molecule has 59 valence electrons. The molecule has 0 saturated carbocycles. The summed E-state index contributed by atoms with van der Waals surface area (Å²) in [7, 11) is 0. The average Bonchev–Trinajstić information content (AvgIpc) is 1.79. The Kier molecular flexibility index (Phi) is 2.04. The molecule has 0 aromatic carbocycles. The Morgan fingerprint density at radius 1 is 1.30 bits per heavy atom. The molecule has 1 nitrogen and oxygen atoms in total. The Morgan fingerprint density at radius 3 is 2.30 bits per heavy atom. The second-order valence-corrected chi connectivity index (χ2v) is 4.20. The van der Waals surface area contributed by atoms with Crippen LogP contribution in [0.15, 0.2) is 0 Å². The van der Waals surface area contributed by atoms with Gasteiger partial charge in [-0.05, 0) is 39.5 Å². The zero-order valence-corrected chi connectivity index (χ0v) is 7.52. The average molecular weight is 140 g/mol. The second-order valence-electron chi connectivity index (χ2n) is 4.20. The first-order valence-electron chi connectivity index (χ1n) is 4.23. The van der Waals surface area contributed by atoms with E-state index in [0.29, 0.717) is 6.04 Å². The van der Waals surface area contributed by atoms with E-state index in [2.05, 4.69) is 27.7 Å². The van der Waals surface area contributed by atoms with Crippen molar-refractivity contribution in [3.8, 4) is 0 Å². The van der Waals surface area contributed by atoms with Crippen molar-refractivity contribution >= 4 is 0 Å². The summed E-state index contributed by atoms with van der Waals surface area (Å²) in [6.07, 6.45) is 2.61. The molecule has 0 spiro atoms. The predicted octanol–water partition coefficient (Wildman–Crippen LogP) is 2.19. The number of piperidine rings is 1. The molecule has 0 amide bonds. The molecular weight excluding hydrogens is 122 g/mol. The summed E-state index contributed by atoms with van der Waals surface area (Å²) in [5.74, 6) is 0.799. The van der Waals surface area contributed by atoms with E-state index >= 15 is 0 Å². The van der Waals surface area contributed by atoms with Gasteiger partial charge >= 0.3 is 0 Å². The van der Waals surface area contributed by atoms with Crippen molar-refractivity contribution in [2.45, 2.75) is 52.1 Å². The lowest BCUT2D eigenvalue weighted by Gasteiger charge is -2.37. The third-order valence-electron chi connectivity index (χ3n) is 2.59. The Hall–Kier alpha value is -0.0400. The summed E-state index contributed by atoms with van der Waals surface area (Å²) in [6.45, 7) is 8.99. The van der Waals surface area contributed by atoms with Gasteiger partial charge in [0.25, 0.3) is 0 Å². The first kappa shape index (κ1) is 8.06. The lowest BCUT2D eigenvalue weighted by molar-refractivity contribution is 0.191. The quantitative estimate of drug-likeness (QED) is 0.489. The molecule has 1 fully saturated rings. The molecule has 1 aliphatic rings. The van der Waals surface area contributed by atoms with Crippen LogP contribution in [0.5, 0.6) is 0 Å². The Labute approximate surface area is 64.2 Å². The third-order valence-corrected chi connectivity index (χ3v) is 2.59. The molecule has 1 aliphatic heterocycles. The molecule has 1 radical (unpaired) electrons. The summed E-state index contributed by atoms with van der Waals surface area (Å²) in [6, 6.07) is 0.573. The predicted molar refractivity (Wildman–Crippen MR) is 44.1 cm³/mol. The maximum absolute atomic E-state index is 4.70. The summed E-state index contributed by atoms with van der Waals surface area (Å²) >= 11 is 0. The van der Waals surface area contributed by atoms with Crippen LogP contribution in [0.25, 0.3) is 0 Å². The highest BCUT2D eigenvalue weighted by atomic mass is 15.0. The summed E-state index contributed by atoms with van der Waals surface area (Å²) in [5.41, 5.74) is 0.256. The van der Waals surface area contributed by atoms with E-state index in [4.69, 9.17) is 5.32 Å². The molecule has 0 aromatic heterocycles. The maximum Gasteiger partial charge on any atom is 0.0303 e. The molecule has 10 heavy (non-hydrogen) atoms. The van der Waals surface area contributed by atoms with Gasteiger partial charge in [-0.1, -0.05) is 6.92 Å². The van der Waals surface area contributed by atoms with Crippen LogP contribution >= 0.6 is 0 Å². The highest BCUT2D eigenvalue weighted by molar-refractivity contribution is 4.87. The molecule has 1 heteroatoms. The van der Waals surface area contributed by atoms with E-state index in [9.17, 15) is 0 Å². The van der Waals surface area contributed by atoms with Gasteiger partial charge in [-0.2, -0.15) is 0 Å². The fraction of sp³-hybridized carbons (Fsp3) is 1.00. The molecule has 0 bridgehead atoms. The SMILES string of the molecule is CC1CCC(C)(C)[N]C1C. The standard InChI is InChI=1S/C9H18N/c1-7-5-6-9(3,4)10-8(7)2/h7-8H,5-6H2,1-4H3. The minimum Gasteiger partial charge on any atom is -0.232 e. The molecule has 2 atom stereocenters. The highest BCUT2D eigenvalue weighted by Gasteiger charge is 2.30. The van der Waals surface area contributed by atoms with Crippen LogP contribution in [0.2, 0.25) is 0 Å². The molecular formula is C9H18N. The van der Waals surface area contributed by atoms with E-state index in [1.54, 1.807) is 0 Å². The van der Waals surface area contributed by atoms with Gasteiger partial charge in [0.1, 0.15) is 0 Å². The van der Waals surface area contributed by atoms with Crippen molar-refractivity contribution in [2.75, 3.05) is 0 Å². The minimum absolute atomic E-state index is 0.256. The molecule has 1 rings (SSSR count). The van der Waals surface area contributed by atoms with Gasteiger partial charge in [-0.15, -0.1) is 0 Å². The van der Waals surface area contributed by atoms with Crippen LogP contribution in [0.3, 0.4) is 0 Å². The first-order chi connectivity index (χ1) is 4.51. The van der Waals surface area contributed by atoms with Gasteiger partial charge < -0.3 is 0 Å². The summed E-state index contributed by atoms with van der Waals surface area (Å²) in [4.78, 5) is 0. The van der Waals surface area contributed by atoms with Crippen LogP contribution < -0.4 is 5.32 Å². The van der Waals surface area contributed by atoms with Crippen LogP contribution in [-0.2, 0) is 0 Å². The van der Waals surface area contributed by atoms with Gasteiger partial charge in [-0.3, -0.25) is 0 Å². The van der Waals surface area contributed by atoms with E-state index in [-0.39, 0.29) is 5.54 Å². The third kappa shape index (κ3) is 1.72. The lowest BCUT2D eigenvalue weighted by atomic mass is 9.83. The number of nitrogens with zero attached hydrogens (tertiary/aromatic N) is 1. The van der Waals surface area contributed by atoms with Gasteiger partial charge in [0.05, 0.1) is 0 Å². The molecule has 0 N–H and O–H groups in total. The number of hydrogen-bond acceptors (Lipinski definition) is 0. The minimum atomic E-state index is 0.256. The zero-order chi connectivity index (χ0) is 7.78. The van der Waals surface area contributed by atoms with E-state index in [1.165, 1.54) is 12.8 Å². The monoisotopic (exact) mass is 140 g/mol. The molecule has 2 unspecified atom stereocenters. The van der Waals surface area contributed by atoms with Crippen LogP contribution in [0, 0.1) is 5.92 Å². The van der Waals surface area contributed by atoms with Crippen LogP contribution in [0.1, 0.15) is 40.5 Å². The van der Waals surface area contributed by atoms with Crippen molar-refractivity contribution in [1.82, 2.24) is 5.32 Å². The second kappa shape index (κ2) is 2.54. The number of hydrogen-bond donors (Lipinski definition) is 0. The smallest absolute Gasteiger partial charge is 0.0303 e. The fourth-order valence-corrected chi connectivity index (χ4v) is 1.57. The summed E-state index contributed by atoms with van der Waals surface area (Å²) < 4.78 is 0. The van der Waals surface area contributed by atoms with Gasteiger partial charge in [0, 0.05) is 11.6 Å². The molecule has 0 aliphatic carbocycles. The van der Waals surface area contributed by atoms with Crippen LogP contribution in [-0.4, -0.2) is 11.6 Å². The fourth-order valence-electron chi connectivity index (χ4n) is 1.57. The van der Waals surface area contributed by atoms with Crippen molar-refractivity contribution in [3.63, 3.8) is 0 Å². The van der Waals surface area contributed by atoms with Crippen molar-refractivity contribution in [1.29, 1.82) is 0 Å². The van der Waals surface area contributed by atoms with Gasteiger partial charge in [0.2, 0.25) is 0 Å². The normalized spacial score (nSPS) is 39.6. The van der Waals surface area contributed by atoms with Gasteiger partial charge in [0.15, 0.2) is 0 Å². The summed E-state index contributed by atoms with van der Waals surface area (Å²) in [5, 5.41) is 4.70. The van der Waals surface area contributed by atoms with Gasteiger partial charge in [-0.25, -0.2) is 5.32 Å². The van der Waals surface area contributed by atoms with E-state index in [1.807, 2.05) is 0 Å². The van der Waals surface area contributed by atoms with E-state index in [0.717, 1.165) is 5.92 Å². The number of rotatable bonds is 0. The first-order valence-corrected chi connectivity index (χ1v) is 4.23. The highest BCUT2D eigenvalue weighted by Crippen LogP contribution is 2.27. The van der Waals surface area contributed by atoms with Crippen molar-refractivity contribution in [2.24, 2.45) is 5.92 Å². The largest absolute Gasteiger partial charge is 0.232 e. The Balaban J connectivity index is 2.49. The Bertz CT molecular complexity index is 118. The maximum atomic E-state index is 4.70. The van der Waals surface area contributed by atoms with Crippen molar-refractivity contribution < 1.29 is 0 Å². The van der Waals surface area contributed by atoms with E-state index < -0.39 is 0 Å². The van der Waals surface area contributed by atoms with Crippen molar-refractivity contribution in [3.05, 3.63) is 0 Å². The van der Waals surface area contributed by atoms with Crippen LogP contribution in [0.4, 0.5) is 0 Å². The molecule has 1 heterocycles.